The summed E-state index contributed by atoms with van der Waals surface area (Å²) < 4.78 is 15.1. The number of ketones is 2. The second-order valence-corrected chi connectivity index (χ2v) is 10.1. The SMILES string of the molecule is C=CC(C1=CC(=O)C(OC)=CC1=O)c1ccccc1.COc1cc(C)c(C(=O)Oc2cc(C)c(O)c(C(=O)O)c2C)c(O)c1C=O. The van der Waals surface area contributed by atoms with Gasteiger partial charge < -0.3 is 29.5 Å². The summed E-state index contributed by atoms with van der Waals surface area (Å²) in [5, 5.41) is 29.5. The third kappa shape index (κ3) is 7.05. The average Bonchev–Trinajstić information content (AvgIpc) is 3.02. The van der Waals surface area contributed by atoms with Crippen molar-refractivity contribution in [2.75, 3.05) is 14.2 Å². The lowest BCUT2D eigenvalue weighted by atomic mass is 9.85. The number of carboxylic acid groups (broad SMARTS) is 1. The van der Waals surface area contributed by atoms with Gasteiger partial charge in [-0.2, -0.15) is 0 Å². The topological polar surface area (TPSA) is 174 Å². The Bertz CT molecular complexity index is 1800. The van der Waals surface area contributed by atoms with Crippen LogP contribution < -0.4 is 9.47 Å². The fraction of sp³-hybridized carbons (Fsp3) is 0.171. The highest BCUT2D eigenvalue weighted by molar-refractivity contribution is 6.19. The predicted molar refractivity (Wildman–Crippen MR) is 167 cm³/mol. The number of aromatic hydroxyl groups is 2. The van der Waals surface area contributed by atoms with Crippen molar-refractivity contribution in [2.24, 2.45) is 0 Å². The van der Waals surface area contributed by atoms with E-state index >= 15 is 0 Å². The lowest BCUT2D eigenvalue weighted by molar-refractivity contribution is -0.117. The lowest BCUT2D eigenvalue weighted by Gasteiger charge is -2.18. The van der Waals surface area contributed by atoms with Crippen LogP contribution in [0.3, 0.4) is 0 Å². The van der Waals surface area contributed by atoms with Gasteiger partial charge in [0.2, 0.25) is 5.78 Å². The van der Waals surface area contributed by atoms with Gasteiger partial charge in [0.15, 0.2) is 17.8 Å². The largest absolute Gasteiger partial charge is 0.507 e. The molecule has 0 bridgehead atoms. The number of benzene rings is 3. The minimum Gasteiger partial charge on any atom is -0.507 e. The molecule has 0 amide bonds. The van der Waals surface area contributed by atoms with E-state index in [0.29, 0.717) is 17.4 Å². The van der Waals surface area contributed by atoms with E-state index in [9.17, 15) is 39.3 Å². The molecule has 0 heterocycles. The smallest absolute Gasteiger partial charge is 0.347 e. The van der Waals surface area contributed by atoms with Crippen molar-refractivity contribution in [3.63, 3.8) is 0 Å². The maximum atomic E-state index is 12.6. The Kier molecular flexibility index (Phi) is 11.0. The van der Waals surface area contributed by atoms with E-state index in [1.165, 1.54) is 59.3 Å². The second kappa shape index (κ2) is 14.7. The average molecular weight is 629 g/mol. The summed E-state index contributed by atoms with van der Waals surface area (Å²) in [6, 6.07) is 12.2. The first-order chi connectivity index (χ1) is 21.8. The van der Waals surface area contributed by atoms with E-state index in [4.69, 9.17) is 14.2 Å². The summed E-state index contributed by atoms with van der Waals surface area (Å²) >= 11 is 0. The molecular formula is C35H32O11. The lowest BCUT2D eigenvalue weighted by Crippen LogP contribution is -2.18. The summed E-state index contributed by atoms with van der Waals surface area (Å²) in [5.41, 5.74) is 1.05. The Hall–Kier alpha value is -5.97. The van der Waals surface area contributed by atoms with E-state index in [2.05, 4.69) is 6.58 Å². The summed E-state index contributed by atoms with van der Waals surface area (Å²) in [4.78, 5) is 59.0. The fourth-order valence-electron chi connectivity index (χ4n) is 4.78. The van der Waals surface area contributed by atoms with Crippen molar-refractivity contribution in [3.8, 4) is 23.0 Å². The van der Waals surface area contributed by atoms with Crippen molar-refractivity contribution >= 4 is 29.8 Å². The van der Waals surface area contributed by atoms with Crippen LogP contribution in [0.2, 0.25) is 0 Å². The zero-order chi connectivity index (χ0) is 34.3. The first-order valence-electron chi connectivity index (χ1n) is 13.7. The maximum absolute atomic E-state index is 12.6. The van der Waals surface area contributed by atoms with E-state index in [-0.39, 0.29) is 62.6 Å². The molecule has 1 atom stereocenters. The number of esters is 1. The Morgan fingerprint density at radius 2 is 1.48 bits per heavy atom. The van der Waals surface area contributed by atoms with E-state index < -0.39 is 23.4 Å². The summed E-state index contributed by atoms with van der Waals surface area (Å²) in [7, 11) is 2.69. The van der Waals surface area contributed by atoms with Crippen LogP contribution in [0.4, 0.5) is 0 Å². The predicted octanol–water partition coefficient (Wildman–Crippen LogP) is 5.33. The molecule has 0 saturated heterocycles. The van der Waals surface area contributed by atoms with Crippen LogP contribution in [0, 0.1) is 20.8 Å². The molecule has 0 radical (unpaired) electrons. The van der Waals surface area contributed by atoms with E-state index in [0.717, 1.165) is 5.56 Å². The van der Waals surface area contributed by atoms with Crippen molar-refractivity contribution in [1.82, 2.24) is 0 Å². The van der Waals surface area contributed by atoms with Crippen molar-refractivity contribution in [1.29, 1.82) is 0 Å². The number of hydrogen-bond donors (Lipinski definition) is 3. The van der Waals surface area contributed by atoms with Crippen LogP contribution in [0.5, 0.6) is 23.0 Å². The van der Waals surface area contributed by atoms with Crippen LogP contribution in [-0.4, -0.2) is 59.3 Å². The number of carbonyl (C=O) groups excluding carboxylic acids is 4. The van der Waals surface area contributed by atoms with Gasteiger partial charge in [-0.15, -0.1) is 6.58 Å². The highest BCUT2D eigenvalue weighted by atomic mass is 16.5. The van der Waals surface area contributed by atoms with Gasteiger partial charge >= 0.3 is 11.9 Å². The number of phenols is 2. The van der Waals surface area contributed by atoms with Gasteiger partial charge in [0, 0.05) is 23.1 Å². The third-order valence-electron chi connectivity index (χ3n) is 7.19. The summed E-state index contributed by atoms with van der Waals surface area (Å²) in [6.45, 7) is 8.11. The highest BCUT2D eigenvalue weighted by Gasteiger charge is 2.27. The summed E-state index contributed by atoms with van der Waals surface area (Å²) in [5.74, 6) is -4.10. The molecule has 3 N–H and O–H groups in total. The Morgan fingerprint density at radius 1 is 0.848 bits per heavy atom. The van der Waals surface area contributed by atoms with Crippen LogP contribution in [0.15, 0.2) is 78.6 Å². The Morgan fingerprint density at radius 3 is 2.02 bits per heavy atom. The van der Waals surface area contributed by atoms with Crippen molar-refractivity contribution < 1.29 is 53.5 Å². The fourth-order valence-corrected chi connectivity index (χ4v) is 4.78. The number of allylic oxidation sites excluding steroid dienone is 4. The third-order valence-corrected chi connectivity index (χ3v) is 7.19. The van der Waals surface area contributed by atoms with Gasteiger partial charge in [0.05, 0.1) is 19.8 Å². The molecule has 0 aliphatic heterocycles. The van der Waals surface area contributed by atoms with Crippen LogP contribution in [0.25, 0.3) is 0 Å². The molecule has 11 nitrogen and oxygen atoms in total. The number of phenolic OH excluding ortho intramolecular Hbond substituents is 1. The van der Waals surface area contributed by atoms with Gasteiger partial charge in [-0.1, -0.05) is 36.4 Å². The molecule has 1 unspecified atom stereocenters. The van der Waals surface area contributed by atoms with Crippen LogP contribution >= 0.6 is 0 Å². The number of hydrogen-bond acceptors (Lipinski definition) is 10. The number of carboxylic acids is 1. The second-order valence-electron chi connectivity index (χ2n) is 10.1. The number of aryl methyl sites for hydroxylation is 2. The molecule has 0 fully saturated rings. The number of methoxy groups -OCH3 is 2. The minimum absolute atomic E-state index is 0.0419. The van der Waals surface area contributed by atoms with E-state index in [1.54, 1.807) is 6.08 Å². The van der Waals surface area contributed by atoms with Gasteiger partial charge in [-0.3, -0.25) is 14.4 Å². The number of rotatable bonds is 9. The number of ether oxygens (including phenoxy) is 3. The monoisotopic (exact) mass is 628 g/mol. The molecule has 46 heavy (non-hydrogen) atoms. The first-order valence-corrected chi connectivity index (χ1v) is 13.7. The normalized spacial score (nSPS) is 12.9. The zero-order valence-corrected chi connectivity index (χ0v) is 25.7. The number of aromatic carboxylic acids is 1. The minimum atomic E-state index is -1.38. The van der Waals surface area contributed by atoms with Crippen molar-refractivity contribution in [3.05, 3.63) is 118 Å². The van der Waals surface area contributed by atoms with Gasteiger partial charge in [-0.25, -0.2) is 9.59 Å². The Balaban J connectivity index is 0.000000266. The van der Waals surface area contributed by atoms with Gasteiger partial charge in [0.1, 0.15) is 34.1 Å². The molecule has 0 aromatic heterocycles. The Labute approximate surface area is 264 Å². The molecule has 3 aromatic rings. The van der Waals surface area contributed by atoms with E-state index in [1.807, 2.05) is 30.3 Å². The zero-order valence-electron chi connectivity index (χ0n) is 25.7. The first kappa shape index (κ1) is 34.5. The number of aldehydes is 1. The molecule has 1 aliphatic rings. The van der Waals surface area contributed by atoms with Gasteiger partial charge in [0.25, 0.3) is 0 Å². The molecule has 0 saturated carbocycles. The quantitative estimate of drug-likeness (QED) is 0.0919. The molecule has 4 rings (SSSR count). The highest BCUT2D eigenvalue weighted by Crippen LogP contribution is 2.36. The standard InChI is InChI=1S/C19H18O8.C16H14O3/c1-8-5-13(26-4)11(7-20)17(22)14(8)19(25)27-12-6-9(2)16(21)15(10(12)3)18(23)24;1-3-12(11-7-5-4-6-8-11)13-9-15(18)16(19-2)10-14(13)17/h5-7,21-22H,1-4H3,(H,23,24);3-10,12H,1H2,2H3. The van der Waals surface area contributed by atoms with Crippen molar-refractivity contribution in [2.45, 2.75) is 26.7 Å². The molecule has 1 aliphatic carbocycles. The number of carbonyl (C=O) groups is 5. The molecular weight excluding hydrogens is 596 g/mol. The van der Waals surface area contributed by atoms with Gasteiger partial charge in [-0.05, 0) is 55.7 Å². The maximum Gasteiger partial charge on any atom is 0.347 e. The summed E-state index contributed by atoms with van der Waals surface area (Å²) in [6.07, 6.45) is 4.58. The molecule has 0 spiro atoms. The van der Waals surface area contributed by atoms with Crippen LogP contribution in [-0.2, 0) is 14.3 Å². The molecule has 11 heteroatoms. The van der Waals surface area contributed by atoms with Crippen LogP contribution in [0.1, 0.15) is 59.2 Å². The molecule has 238 valence electrons. The molecule has 3 aromatic carbocycles.